The van der Waals surface area contributed by atoms with Crippen molar-refractivity contribution < 1.29 is 4.74 Å². The third-order valence-electron chi connectivity index (χ3n) is 1.90. The largest absolute Gasteiger partial charge is 0.378 e. The summed E-state index contributed by atoms with van der Waals surface area (Å²) in [5.74, 6) is 0. The molecule has 2 rings (SSSR count). The van der Waals surface area contributed by atoms with Crippen molar-refractivity contribution in [2.45, 2.75) is 12.6 Å². The van der Waals surface area contributed by atoms with Crippen LogP contribution in [-0.4, -0.2) is 19.3 Å². The van der Waals surface area contributed by atoms with E-state index in [1.807, 2.05) is 0 Å². The van der Waals surface area contributed by atoms with E-state index in [2.05, 4.69) is 43.2 Å². The minimum atomic E-state index is 0.555. The summed E-state index contributed by atoms with van der Waals surface area (Å²) in [5, 5.41) is 3.42. The molecular formula is C8H9Br2NOS. The number of rotatable bonds is 3. The SMILES string of the molecule is Brc1cc(CNC2COC2)sc1Br. The Kier molecular flexibility index (Phi) is 3.42. The summed E-state index contributed by atoms with van der Waals surface area (Å²) >= 11 is 8.70. The Bertz CT molecular complexity index is 279. The molecule has 1 aliphatic heterocycles. The van der Waals surface area contributed by atoms with Crippen molar-refractivity contribution in [3.63, 3.8) is 0 Å². The van der Waals surface area contributed by atoms with Gasteiger partial charge in [0.2, 0.25) is 0 Å². The van der Waals surface area contributed by atoms with Gasteiger partial charge in [0.25, 0.3) is 0 Å². The van der Waals surface area contributed by atoms with E-state index < -0.39 is 0 Å². The van der Waals surface area contributed by atoms with Crippen molar-refractivity contribution >= 4 is 43.2 Å². The minimum Gasteiger partial charge on any atom is -0.378 e. The highest BCUT2D eigenvalue weighted by molar-refractivity contribution is 9.13. The predicted molar refractivity (Wildman–Crippen MR) is 61.2 cm³/mol. The molecule has 1 aliphatic rings. The number of hydrogen-bond donors (Lipinski definition) is 1. The number of hydrogen-bond acceptors (Lipinski definition) is 3. The Labute approximate surface area is 97.9 Å². The van der Waals surface area contributed by atoms with Crippen LogP contribution in [0, 0.1) is 0 Å². The molecule has 1 aromatic rings. The lowest BCUT2D eigenvalue weighted by molar-refractivity contribution is -0.00567. The number of nitrogens with one attached hydrogen (secondary N) is 1. The summed E-state index contributed by atoms with van der Waals surface area (Å²) in [6.07, 6.45) is 0. The minimum absolute atomic E-state index is 0.555. The molecule has 0 atom stereocenters. The van der Waals surface area contributed by atoms with Crippen LogP contribution in [0.2, 0.25) is 0 Å². The Morgan fingerprint density at radius 3 is 2.77 bits per heavy atom. The van der Waals surface area contributed by atoms with E-state index in [1.165, 1.54) is 4.88 Å². The first-order chi connectivity index (χ1) is 6.25. The van der Waals surface area contributed by atoms with Gasteiger partial charge in [0.05, 0.1) is 23.0 Å². The molecule has 0 saturated carbocycles. The third kappa shape index (κ3) is 2.53. The standard InChI is InChI=1S/C8H9Br2NOS/c9-7-1-6(13-8(7)10)2-11-5-3-12-4-5/h1,5,11H,2-4H2. The Hall–Kier alpha value is 0.580. The van der Waals surface area contributed by atoms with Gasteiger partial charge < -0.3 is 10.1 Å². The maximum absolute atomic E-state index is 5.07. The van der Waals surface area contributed by atoms with E-state index >= 15 is 0 Å². The fourth-order valence-electron chi connectivity index (χ4n) is 1.08. The van der Waals surface area contributed by atoms with Gasteiger partial charge in [0, 0.05) is 15.9 Å². The lowest BCUT2D eigenvalue weighted by Crippen LogP contribution is -2.45. The van der Waals surface area contributed by atoms with Gasteiger partial charge in [-0.1, -0.05) is 0 Å². The molecule has 5 heteroatoms. The average molecular weight is 327 g/mol. The topological polar surface area (TPSA) is 21.3 Å². The van der Waals surface area contributed by atoms with Crippen molar-refractivity contribution in [2.24, 2.45) is 0 Å². The zero-order valence-corrected chi connectivity index (χ0v) is 10.8. The van der Waals surface area contributed by atoms with Gasteiger partial charge in [-0.05, 0) is 37.9 Å². The van der Waals surface area contributed by atoms with Gasteiger partial charge in [-0.3, -0.25) is 0 Å². The van der Waals surface area contributed by atoms with Crippen LogP contribution in [0.3, 0.4) is 0 Å². The highest BCUT2D eigenvalue weighted by atomic mass is 79.9. The molecule has 1 aromatic heterocycles. The van der Waals surface area contributed by atoms with Crippen molar-refractivity contribution in [2.75, 3.05) is 13.2 Å². The molecule has 0 amide bonds. The monoisotopic (exact) mass is 325 g/mol. The molecule has 13 heavy (non-hydrogen) atoms. The summed E-state index contributed by atoms with van der Waals surface area (Å²) in [7, 11) is 0. The van der Waals surface area contributed by atoms with Crippen LogP contribution in [0.4, 0.5) is 0 Å². The summed E-state index contributed by atoms with van der Waals surface area (Å²) in [6.45, 7) is 2.64. The van der Waals surface area contributed by atoms with E-state index in [0.29, 0.717) is 6.04 Å². The van der Waals surface area contributed by atoms with Gasteiger partial charge in [-0.25, -0.2) is 0 Å². The quantitative estimate of drug-likeness (QED) is 0.922. The Balaban J connectivity index is 1.86. The van der Waals surface area contributed by atoms with E-state index in [9.17, 15) is 0 Å². The number of thiophene rings is 1. The van der Waals surface area contributed by atoms with E-state index in [1.54, 1.807) is 11.3 Å². The zero-order valence-electron chi connectivity index (χ0n) is 6.85. The van der Waals surface area contributed by atoms with E-state index in [0.717, 1.165) is 28.0 Å². The molecule has 2 heterocycles. The Morgan fingerprint density at radius 2 is 2.31 bits per heavy atom. The molecule has 0 aromatic carbocycles. The van der Waals surface area contributed by atoms with Crippen molar-refractivity contribution in [3.8, 4) is 0 Å². The van der Waals surface area contributed by atoms with Gasteiger partial charge in [-0.15, -0.1) is 11.3 Å². The smallest absolute Gasteiger partial charge is 0.0843 e. The normalized spacial score (nSPS) is 17.4. The van der Waals surface area contributed by atoms with Crippen LogP contribution < -0.4 is 5.32 Å². The Morgan fingerprint density at radius 1 is 1.54 bits per heavy atom. The average Bonchev–Trinajstić information content (AvgIpc) is 2.28. The lowest BCUT2D eigenvalue weighted by atomic mass is 10.2. The molecule has 1 N–H and O–H groups in total. The predicted octanol–water partition coefficient (Wildman–Crippen LogP) is 2.76. The third-order valence-corrected chi connectivity index (χ3v) is 5.16. The fourth-order valence-corrected chi connectivity index (χ4v) is 3.20. The van der Waals surface area contributed by atoms with Crippen molar-refractivity contribution in [1.82, 2.24) is 5.32 Å². The van der Waals surface area contributed by atoms with Gasteiger partial charge in [-0.2, -0.15) is 0 Å². The molecule has 72 valence electrons. The molecular weight excluding hydrogens is 318 g/mol. The first kappa shape index (κ1) is 10.1. The van der Waals surface area contributed by atoms with Crippen LogP contribution in [0.25, 0.3) is 0 Å². The van der Waals surface area contributed by atoms with Crippen LogP contribution in [0.5, 0.6) is 0 Å². The van der Waals surface area contributed by atoms with Crippen molar-refractivity contribution in [1.29, 1.82) is 0 Å². The maximum Gasteiger partial charge on any atom is 0.0843 e. The first-order valence-electron chi connectivity index (χ1n) is 4.00. The van der Waals surface area contributed by atoms with Crippen LogP contribution in [0.15, 0.2) is 14.3 Å². The molecule has 1 saturated heterocycles. The number of ether oxygens (including phenoxy) is 1. The van der Waals surface area contributed by atoms with Gasteiger partial charge >= 0.3 is 0 Å². The second kappa shape index (κ2) is 4.40. The van der Waals surface area contributed by atoms with Crippen LogP contribution >= 0.6 is 43.2 Å². The molecule has 0 unspecified atom stereocenters. The van der Waals surface area contributed by atoms with Crippen LogP contribution in [-0.2, 0) is 11.3 Å². The summed E-state index contributed by atoms with van der Waals surface area (Å²) in [6, 6.07) is 2.70. The van der Waals surface area contributed by atoms with Gasteiger partial charge in [0.15, 0.2) is 0 Å². The fraction of sp³-hybridized carbons (Fsp3) is 0.500. The summed E-state index contributed by atoms with van der Waals surface area (Å²) in [4.78, 5) is 1.34. The molecule has 2 nitrogen and oxygen atoms in total. The van der Waals surface area contributed by atoms with Crippen LogP contribution in [0.1, 0.15) is 4.88 Å². The lowest BCUT2D eigenvalue weighted by Gasteiger charge is -2.26. The molecule has 0 aliphatic carbocycles. The molecule has 1 fully saturated rings. The van der Waals surface area contributed by atoms with E-state index in [4.69, 9.17) is 4.74 Å². The highest BCUT2D eigenvalue weighted by Gasteiger charge is 2.17. The molecule has 0 radical (unpaired) electrons. The summed E-state index contributed by atoms with van der Waals surface area (Å²) in [5.41, 5.74) is 0. The zero-order chi connectivity index (χ0) is 9.26. The molecule has 0 spiro atoms. The number of halogens is 2. The second-order valence-corrected chi connectivity index (χ2v) is 6.26. The van der Waals surface area contributed by atoms with Gasteiger partial charge in [0.1, 0.15) is 0 Å². The highest BCUT2D eigenvalue weighted by Crippen LogP contribution is 2.32. The summed E-state index contributed by atoms with van der Waals surface area (Å²) < 4.78 is 7.37. The van der Waals surface area contributed by atoms with E-state index in [-0.39, 0.29) is 0 Å². The molecule has 0 bridgehead atoms. The maximum atomic E-state index is 5.07. The van der Waals surface area contributed by atoms with Crippen molar-refractivity contribution in [3.05, 3.63) is 19.2 Å². The first-order valence-corrected chi connectivity index (χ1v) is 6.41. The second-order valence-electron chi connectivity index (χ2n) is 2.95.